The molecular weight excluding hydrogens is 1820 g/mol. The Morgan fingerprint density at radius 2 is 0.577 bits per heavy atom. The third-order valence-corrected chi connectivity index (χ3v) is 20.8. The highest BCUT2D eigenvalue weighted by molar-refractivity contribution is 6.00. The lowest BCUT2D eigenvalue weighted by Crippen LogP contribution is -2.16. The quantitative estimate of drug-likeness (QED) is 0.0112. The highest BCUT2D eigenvalue weighted by Crippen LogP contribution is 2.33. The smallest absolute Gasteiger partial charge is 0.343 e. The van der Waals surface area contributed by atoms with Gasteiger partial charge in [-0.3, -0.25) is 4.98 Å². The summed E-state index contributed by atoms with van der Waals surface area (Å²) in [5.74, 6) is -3.20. The molecule has 1 heterocycles. The van der Waals surface area contributed by atoms with Crippen molar-refractivity contribution in [2.24, 2.45) is 0 Å². The first-order valence-electron chi connectivity index (χ1n) is 46.8. The number of carbonyl (C=O) groups excluding carboxylic acids is 12. The second-order valence-corrected chi connectivity index (χ2v) is 31.5. The molecular formula is C113H119NO28. The van der Waals surface area contributed by atoms with Crippen LogP contribution < -0.4 is 42.6 Å². The summed E-state index contributed by atoms with van der Waals surface area (Å²) in [6.07, 6.45) is 26.6. The number of aromatic nitrogens is 1. The summed E-state index contributed by atoms with van der Waals surface area (Å²) in [6.45, 7) is 29.0. The van der Waals surface area contributed by atoms with Gasteiger partial charge in [-0.15, -0.1) is 0 Å². The number of benzene rings is 9. The van der Waals surface area contributed by atoms with Crippen LogP contribution >= 0.6 is 0 Å². The molecule has 0 saturated heterocycles. The van der Waals surface area contributed by atoms with Crippen molar-refractivity contribution in [1.29, 1.82) is 0 Å². The third-order valence-electron chi connectivity index (χ3n) is 20.8. The van der Waals surface area contributed by atoms with Crippen LogP contribution in [0.4, 0.5) is 0 Å². The Morgan fingerprint density at radius 3 is 1.01 bits per heavy atom. The Hall–Kier alpha value is -16.3. The predicted octanol–water partition coefficient (Wildman–Crippen LogP) is 21.6. The van der Waals surface area contributed by atoms with Crippen molar-refractivity contribution in [2.75, 3.05) is 72.7 Å². The third kappa shape index (κ3) is 41.1. The SMILES string of the molecule is C=CC(=O)OCCCCCCOc1ccc(-c2ccc(CCCOC(=O)C=C)cn2)cc1.C=CC(=O)OCCCCCCOc1ccc(C(=O)Oc2ccc(OC(=O)c3ccc(OCCCCCCOC(=O)C=C)cc3)c(C(=O)OCCOC(=O)C=C)c2)cc1.C=CC(=O)OCCCCCCOc1ccc2cc(C(=O)Oc3ccc(OC(=O)c4ccc5cc(OC(=O)C=C)ccc5c4)c(CCC)c3)ccc2c1. The maximum absolute atomic E-state index is 13.2. The minimum absolute atomic E-state index is 0.0351. The van der Waals surface area contributed by atoms with E-state index in [1.807, 2.05) is 73.8 Å². The lowest BCUT2D eigenvalue weighted by atomic mass is 10.1. The summed E-state index contributed by atoms with van der Waals surface area (Å²) < 4.78 is 85.9. The summed E-state index contributed by atoms with van der Waals surface area (Å²) in [5.41, 5.74) is 4.66. The van der Waals surface area contributed by atoms with Crippen LogP contribution in [0.5, 0.6) is 51.7 Å². The first-order chi connectivity index (χ1) is 69.0. The summed E-state index contributed by atoms with van der Waals surface area (Å²) in [5, 5.41) is 3.36. The van der Waals surface area contributed by atoms with Crippen LogP contribution in [0.2, 0.25) is 0 Å². The lowest BCUT2D eigenvalue weighted by molar-refractivity contribution is -0.139. The zero-order valence-corrected chi connectivity index (χ0v) is 79.8. The van der Waals surface area contributed by atoms with Gasteiger partial charge in [-0.2, -0.15) is 0 Å². The molecule has 744 valence electrons. The number of unbranched alkanes of at least 4 members (excludes halogenated alkanes) is 12. The molecule has 0 fully saturated rings. The van der Waals surface area contributed by atoms with Crippen molar-refractivity contribution in [2.45, 2.75) is 135 Å². The predicted molar refractivity (Wildman–Crippen MR) is 534 cm³/mol. The van der Waals surface area contributed by atoms with Crippen molar-refractivity contribution < 1.29 is 133 Å². The normalized spacial score (nSPS) is 10.4. The van der Waals surface area contributed by atoms with Gasteiger partial charge in [0.05, 0.1) is 87.4 Å². The molecule has 0 spiro atoms. The lowest BCUT2D eigenvalue weighted by Gasteiger charge is -2.13. The molecule has 10 aromatic rings. The average molecular weight is 1940 g/mol. The number of ether oxygens (including phenoxy) is 16. The molecule has 0 atom stereocenters. The van der Waals surface area contributed by atoms with Crippen molar-refractivity contribution in [3.8, 4) is 63.0 Å². The van der Waals surface area contributed by atoms with Gasteiger partial charge in [0.2, 0.25) is 0 Å². The van der Waals surface area contributed by atoms with E-state index < -0.39 is 65.7 Å². The van der Waals surface area contributed by atoms with E-state index in [0.717, 1.165) is 208 Å². The van der Waals surface area contributed by atoms with Crippen LogP contribution in [0.15, 0.2) is 289 Å². The Labute approximate surface area is 826 Å². The molecule has 0 amide bonds. The molecule has 0 saturated carbocycles. The fraction of sp³-hybridized carbons (Fsp3) is 0.283. The van der Waals surface area contributed by atoms with Gasteiger partial charge in [0.25, 0.3) is 0 Å². The largest absolute Gasteiger partial charge is 0.494 e. The second-order valence-electron chi connectivity index (χ2n) is 31.5. The van der Waals surface area contributed by atoms with Gasteiger partial charge in [0.1, 0.15) is 70.5 Å². The number of nitrogens with zero attached hydrogens (tertiary/aromatic N) is 1. The Morgan fingerprint density at radius 1 is 0.254 bits per heavy atom. The summed E-state index contributed by atoms with van der Waals surface area (Å²) >= 11 is 0. The Balaban J connectivity index is 0.000000271. The van der Waals surface area contributed by atoms with E-state index in [1.54, 1.807) is 91.0 Å². The fourth-order valence-corrected chi connectivity index (χ4v) is 13.3. The molecule has 1 aromatic heterocycles. The van der Waals surface area contributed by atoms with Crippen LogP contribution in [0.1, 0.15) is 185 Å². The van der Waals surface area contributed by atoms with Crippen molar-refractivity contribution in [3.05, 3.63) is 328 Å². The van der Waals surface area contributed by atoms with Crippen LogP contribution in [0.3, 0.4) is 0 Å². The monoisotopic (exact) mass is 1940 g/mol. The van der Waals surface area contributed by atoms with Gasteiger partial charge in [-0.1, -0.05) is 89.7 Å². The Kier molecular flexibility index (Phi) is 49.4. The number of hydrogen-bond donors (Lipinski definition) is 0. The number of esters is 12. The summed E-state index contributed by atoms with van der Waals surface area (Å²) in [7, 11) is 0. The van der Waals surface area contributed by atoms with Crippen LogP contribution in [0, 0.1) is 0 Å². The minimum atomic E-state index is -0.936. The van der Waals surface area contributed by atoms with Gasteiger partial charge >= 0.3 is 71.6 Å². The number of hydrogen-bond acceptors (Lipinski definition) is 29. The molecule has 0 radical (unpaired) electrons. The highest BCUT2D eigenvalue weighted by Gasteiger charge is 2.23. The van der Waals surface area contributed by atoms with Crippen LogP contribution in [-0.2, 0) is 79.6 Å². The maximum Gasteiger partial charge on any atom is 0.343 e. The van der Waals surface area contributed by atoms with E-state index in [1.165, 1.54) is 54.6 Å². The summed E-state index contributed by atoms with van der Waals surface area (Å²) in [4.78, 5) is 148. The van der Waals surface area contributed by atoms with E-state index in [9.17, 15) is 57.5 Å². The first-order valence-corrected chi connectivity index (χ1v) is 46.8. The summed E-state index contributed by atoms with van der Waals surface area (Å²) in [6, 6.07) is 54.6. The molecule has 0 unspecified atom stereocenters. The van der Waals surface area contributed by atoms with Crippen LogP contribution in [-0.4, -0.2) is 149 Å². The standard InChI is InChI=1S/C44H48O14.C43H40O9.C26H31NO5/c1-4-39(45)53-27-13-9-7-11-25-51-34-19-15-32(16-20-34)42(48)57-36-23-24-38(37(31-36)44(50)56-30-29-55-41(47)6-3)58-43(49)33-17-21-35(22-18-33)52-26-12-8-10-14-28-54-40(46)5-2;1-4-11-33-28-38(20-21-39(33)52-43(47)35-15-13-32-27-37(50-41(45)6-3)19-17-30(32)25-35)51-42(46)34-14-12-31-26-36(18-16-29(31)24-34)48-22-9-7-8-10-23-49-40(44)5-2;1-3-25(28)31-18-8-6-5-7-17-30-23-14-12-22(13-15-23)24-16-11-21(20-27-24)10-9-19-32-26(29)4-2/h4-6,15-24,31H,1-3,7-14,25-30H2;5-6,12-21,24-28H,2-4,7-11,22-23H2,1H3;3-4,11-16,20H,1-2,5-10,17-19H2. The zero-order valence-electron chi connectivity index (χ0n) is 79.8. The molecule has 142 heavy (non-hydrogen) atoms. The van der Waals surface area contributed by atoms with Gasteiger partial charge in [0.15, 0.2) is 0 Å². The maximum atomic E-state index is 13.2. The van der Waals surface area contributed by atoms with Gasteiger partial charge < -0.3 is 75.8 Å². The van der Waals surface area contributed by atoms with Crippen molar-refractivity contribution >= 4 is 93.2 Å². The number of fused-ring (bicyclic) bond motifs is 2. The molecule has 0 aliphatic rings. The van der Waals surface area contributed by atoms with E-state index in [0.29, 0.717) is 106 Å². The topological polar surface area (TPSA) is 365 Å². The molecule has 29 nitrogen and oxygen atoms in total. The van der Waals surface area contributed by atoms with Crippen molar-refractivity contribution in [3.63, 3.8) is 0 Å². The van der Waals surface area contributed by atoms with E-state index >= 15 is 0 Å². The van der Waals surface area contributed by atoms with Gasteiger partial charge in [0, 0.05) is 54.3 Å². The number of aryl methyl sites for hydroxylation is 2. The molecule has 0 bridgehead atoms. The number of carbonyl (C=O) groups is 12. The average Bonchev–Trinajstić information content (AvgIpc) is 0.812. The number of rotatable bonds is 59. The second kappa shape index (κ2) is 63.2. The highest BCUT2D eigenvalue weighted by atomic mass is 16.6. The van der Waals surface area contributed by atoms with E-state index in [2.05, 4.69) is 51.0 Å². The first kappa shape index (κ1) is 111. The van der Waals surface area contributed by atoms with E-state index in [-0.39, 0.29) is 47.4 Å². The molecule has 10 rings (SSSR count). The van der Waals surface area contributed by atoms with Crippen molar-refractivity contribution in [1.82, 2.24) is 4.98 Å². The van der Waals surface area contributed by atoms with Gasteiger partial charge in [-0.05, 0) is 318 Å². The fourth-order valence-electron chi connectivity index (χ4n) is 13.3. The molecule has 0 N–H and O–H groups in total. The van der Waals surface area contributed by atoms with Gasteiger partial charge in [-0.25, -0.2) is 57.5 Å². The molecule has 9 aromatic carbocycles. The Bertz CT molecular complexity index is 5920. The molecule has 0 aliphatic heterocycles. The van der Waals surface area contributed by atoms with E-state index in [4.69, 9.17) is 75.8 Å². The van der Waals surface area contributed by atoms with Crippen LogP contribution in [0.25, 0.3) is 32.8 Å². The minimum Gasteiger partial charge on any atom is -0.494 e. The molecule has 29 heteroatoms. The molecule has 0 aliphatic carbocycles. The zero-order chi connectivity index (χ0) is 102. The number of pyridine rings is 1.